The lowest BCUT2D eigenvalue weighted by molar-refractivity contribution is -0.140. The van der Waals surface area contributed by atoms with Gasteiger partial charge in [0.15, 0.2) is 11.6 Å². The van der Waals surface area contributed by atoms with Crippen molar-refractivity contribution >= 4 is 12.1 Å². The van der Waals surface area contributed by atoms with Gasteiger partial charge >= 0.3 is 12.1 Å². The van der Waals surface area contributed by atoms with Gasteiger partial charge in [0.1, 0.15) is 0 Å². The second-order valence-corrected chi connectivity index (χ2v) is 5.93. The van der Waals surface area contributed by atoms with Gasteiger partial charge in [-0.15, -0.1) is 0 Å². The van der Waals surface area contributed by atoms with Gasteiger partial charge in [-0.1, -0.05) is 12.5 Å². The number of nitrogens with zero attached hydrogens (tertiary/aromatic N) is 1. The number of unbranched alkanes of at least 4 members (excludes halogenated alkanes) is 1. The van der Waals surface area contributed by atoms with Crippen molar-refractivity contribution < 1.29 is 28.2 Å². The van der Waals surface area contributed by atoms with Crippen LogP contribution in [0.3, 0.4) is 0 Å². The van der Waals surface area contributed by atoms with Gasteiger partial charge in [0.2, 0.25) is 0 Å². The van der Waals surface area contributed by atoms with E-state index in [9.17, 15) is 23.5 Å². The van der Waals surface area contributed by atoms with Crippen LogP contribution in [0.1, 0.15) is 50.1 Å². The highest BCUT2D eigenvalue weighted by Gasteiger charge is 2.37. The largest absolute Gasteiger partial charge is 0.469 e. The molecule has 7 heteroatoms. The molecule has 2 rings (SSSR count). The van der Waals surface area contributed by atoms with E-state index in [0.29, 0.717) is 44.1 Å². The van der Waals surface area contributed by atoms with Crippen LogP contribution in [0.2, 0.25) is 0 Å². The van der Waals surface area contributed by atoms with Crippen LogP contribution < -0.4 is 0 Å². The molecule has 1 aliphatic heterocycles. The molecule has 1 fully saturated rings. The van der Waals surface area contributed by atoms with Crippen LogP contribution in [0.5, 0.6) is 0 Å². The molecule has 1 heterocycles. The van der Waals surface area contributed by atoms with Gasteiger partial charge in [-0.3, -0.25) is 9.69 Å². The molecule has 0 radical (unpaired) electrons. The number of amides is 1. The monoisotopic (exact) mass is 341 g/mol. The Morgan fingerprint density at radius 2 is 2.00 bits per heavy atom. The van der Waals surface area contributed by atoms with Crippen LogP contribution in [0, 0.1) is 11.6 Å². The standard InChI is InChI=1S/C17H21F2NO4/c1-24-16(21)5-3-2-4-12-7-9-15(20(12)17(22)23)11-6-8-13(18)14(19)10-11/h6,8,10,12,15H,2-5,7,9H2,1H3,(H,22,23)/t12-,15-/m1/s1. The van der Waals surface area contributed by atoms with Gasteiger partial charge in [-0.2, -0.15) is 0 Å². The van der Waals surface area contributed by atoms with Crippen molar-refractivity contribution in [2.75, 3.05) is 7.11 Å². The Balaban J connectivity index is 2.00. The number of carbonyl (C=O) groups is 2. The van der Waals surface area contributed by atoms with Crippen molar-refractivity contribution in [1.82, 2.24) is 4.90 Å². The van der Waals surface area contributed by atoms with Crippen molar-refractivity contribution in [1.29, 1.82) is 0 Å². The van der Waals surface area contributed by atoms with Crippen molar-refractivity contribution in [2.45, 2.75) is 50.6 Å². The lowest BCUT2D eigenvalue weighted by Gasteiger charge is -2.28. The summed E-state index contributed by atoms with van der Waals surface area (Å²) in [5.74, 6) is -2.20. The first-order valence-corrected chi connectivity index (χ1v) is 7.97. The predicted octanol–water partition coefficient (Wildman–Crippen LogP) is 3.88. The Kier molecular flexibility index (Phi) is 6.11. The van der Waals surface area contributed by atoms with Crippen LogP contribution in [0.15, 0.2) is 18.2 Å². The summed E-state index contributed by atoms with van der Waals surface area (Å²) >= 11 is 0. The molecule has 1 amide bonds. The molecule has 1 aromatic carbocycles. The summed E-state index contributed by atoms with van der Waals surface area (Å²) in [6, 6.07) is 2.87. The molecule has 0 aromatic heterocycles. The second kappa shape index (κ2) is 8.08. The van der Waals surface area contributed by atoms with Crippen LogP contribution in [-0.2, 0) is 9.53 Å². The van der Waals surface area contributed by atoms with E-state index in [1.54, 1.807) is 0 Å². The number of carbonyl (C=O) groups excluding carboxylic acids is 1. The third-order valence-corrected chi connectivity index (χ3v) is 4.45. The zero-order chi connectivity index (χ0) is 17.7. The van der Waals surface area contributed by atoms with Gasteiger partial charge in [-0.25, -0.2) is 13.6 Å². The maximum Gasteiger partial charge on any atom is 0.408 e. The average Bonchev–Trinajstić information content (AvgIpc) is 2.98. The lowest BCUT2D eigenvalue weighted by Crippen LogP contribution is -2.36. The number of methoxy groups -OCH3 is 1. The SMILES string of the molecule is COC(=O)CCCC[C@@H]1CC[C@H](c2ccc(F)c(F)c2)N1C(=O)O. The van der Waals surface area contributed by atoms with E-state index in [4.69, 9.17) is 0 Å². The first kappa shape index (κ1) is 18.2. The second-order valence-electron chi connectivity index (χ2n) is 5.93. The minimum atomic E-state index is -1.07. The van der Waals surface area contributed by atoms with E-state index in [0.717, 1.165) is 12.1 Å². The molecule has 2 atom stereocenters. The predicted molar refractivity (Wildman–Crippen MR) is 82.5 cm³/mol. The molecular weight excluding hydrogens is 320 g/mol. The van der Waals surface area contributed by atoms with Crippen molar-refractivity contribution in [3.8, 4) is 0 Å². The Morgan fingerprint density at radius 1 is 1.25 bits per heavy atom. The van der Waals surface area contributed by atoms with E-state index in [2.05, 4.69) is 4.74 Å². The van der Waals surface area contributed by atoms with Crippen molar-refractivity contribution in [3.05, 3.63) is 35.4 Å². The van der Waals surface area contributed by atoms with E-state index in [1.165, 1.54) is 18.1 Å². The third-order valence-electron chi connectivity index (χ3n) is 4.45. The van der Waals surface area contributed by atoms with Gasteiger partial charge in [-0.05, 0) is 43.4 Å². The molecule has 1 aromatic rings. The molecule has 5 nitrogen and oxygen atoms in total. The van der Waals surface area contributed by atoms with Gasteiger partial charge < -0.3 is 9.84 Å². The number of benzene rings is 1. The Hall–Kier alpha value is -2.18. The van der Waals surface area contributed by atoms with Crippen LogP contribution in [-0.4, -0.2) is 35.2 Å². The number of carboxylic acid groups (broad SMARTS) is 1. The van der Waals surface area contributed by atoms with Crippen LogP contribution in [0.25, 0.3) is 0 Å². The van der Waals surface area contributed by atoms with Gasteiger partial charge in [0, 0.05) is 12.5 Å². The number of rotatable bonds is 6. The lowest BCUT2D eigenvalue weighted by atomic mass is 10.0. The quantitative estimate of drug-likeness (QED) is 0.630. The van der Waals surface area contributed by atoms with Crippen LogP contribution in [0.4, 0.5) is 13.6 Å². The first-order valence-electron chi connectivity index (χ1n) is 7.97. The minimum Gasteiger partial charge on any atom is -0.469 e. The molecular formula is C17H21F2NO4. The molecule has 1 N–H and O–H groups in total. The smallest absolute Gasteiger partial charge is 0.408 e. The molecule has 1 saturated heterocycles. The van der Waals surface area contributed by atoms with Gasteiger partial charge in [0.25, 0.3) is 0 Å². The Morgan fingerprint density at radius 3 is 2.62 bits per heavy atom. The summed E-state index contributed by atoms with van der Waals surface area (Å²) in [6.07, 6.45) is 2.43. The van der Waals surface area contributed by atoms with Crippen LogP contribution >= 0.6 is 0 Å². The molecule has 0 spiro atoms. The molecule has 0 bridgehead atoms. The van der Waals surface area contributed by atoms with E-state index < -0.39 is 23.8 Å². The normalized spacial score (nSPS) is 20.2. The maximum atomic E-state index is 13.4. The van der Waals surface area contributed by atoms with Gasteiger partial charge in [0.05, 0.1) is 13.2 Å². The Labute approximate surface area is 139 Å². The molecule has 1 aliphatic rings. The first-order chi connectivity index (χ1) is 11.4. The highest BCUT2D eigenvalue weighted by atomic mass is 19.2. The highest BCUT2D eigenvalue weighted by Crippen LogP contribution is 2.38. The number of esters is 1. The average molecular weight is 341 g/mol. The zero-order valence-corrected chi connectivity index (χ0v) is 13.5. The summed E-state index contributed by atoms with van der Waals surface area (Å²) in [7, 11) is 1.33. The molecule has 0 aliphatic carbocycles. The van der Waals surface area contributed by atoms with E-state index in [1.807, 2.05) is 0 Å². The fourth-order valence-electron chi connectivity index (χ4n) is 3.25. The summed E-state index contributed by atoms with van der Waals surface area (Å²) < 4.78 is 31.1. The molecule has 132 valence electrons. The third kappa shape index (κ3) is 4.21. The molecule has 24 heavy (non-hydrogen) atoms. The maximum absolute atomic E-state index is 13.4. The van der Waals surface area contributed by atoms with E-state index in [-0.39, 0.29) is 12.0 Å². The Bertz CT molecular complexity index is 608. The number of halogens is 2. The molecule has 0 saturated carbocycles. The summed E-state index contributed by atoms with van der Waals surface area (Å²) in [5.41, 5.74) is 0.466. The number of hydrogen-bond acceptors (Lipinski definition) is 3. The number of ether oxygens (including phenoxy) is 1. The fraction of sp³-hybridized carbons (Fsp3) is 0.529. The topological polar surface area (TPSA) is 66.8 Å². The zero-order valence-electron chi connectivity index (χ0n) is 13.5. The highest BCUT2D eigenvalue weighted by molar-refractivity contribution is 5.69. The van der Waals surface area contributed by atoms with Crippen molar-refractivity contribution in [2.24, 2.45) is 0 Å². The summed E-state index contributed by atoms with van der Waals surface area (Å²) in [6.45, 7) is 0. The van der Waals surface area contributed by atoms with E-state index >= 15 is 0 Å². The number of hydrogen-bond donors (Lipinski definition) is 1. The summed E-state index contributed by atoms with van der Waals surface area (Å²) in [5, 5.41) is 9.51. The minimum absolute atomic E-state index is 0.182. The number of likely N-dealkylation sites (tertiary alicyclic amines) is 1. The van der Waals surface area contributed by atoms with Crippen molar-refractivity contribution in [3.63, 3.8) is 0 Å². The molecule has 0 unspecified atom stereocenters. The summed E-state index contributed by atoms with van der Waals surface area (Å²) in [4.78, 5) is 24.0. The fourth-order valence-corrected chi connectivity index (χ4v) is 3.25.